The molecule has 5 heteroatoms. The van der Waals surface area contributed by atoms with Crippen LogP contribution in [0.5, 0.6) is 5.75 Å². The van der Waals surface area contributed by atoms with E-state index in [2.05, 4.69) is 5.32 Å². The Hall–Kier alpha value is -1.26. The van der Waals surface area contributed by atoms with Crippen molar-refractivity contribution in [3.63, 3.8) is 0 Å². The first-order valence-corrected chi connectivity index (χ1v) is 7.73. The maximum absolute atomic E-state index is 11.9. The molecule has 0 heterocycles. The highest BCUT2D eigenvalue weighted by molar-refractivity contribution is 6.30. The quantitative estimate of drug-likeness (QED) is 0.689. The maximum atomic E-state index is 11.9. The van der Waals surface area contributed by atoms with Gasteiger partial charge in [-0.25, -0.2) is 0 Å². The fourth-order valence-corrected chi connectivity index (χ4v) is 2.16. The largest absolute Gasteiger partial charge is 0.481 e. The van der Waals surface area contributed by atoms with Gasteiger partial charge in [-0.05, 0) is 50.5 Å². The molecule has 0 aliphatic heterocycles. The van der Waals surface area contributed by atoms with Gasteiger partial charge in [-0.2, -0.15) is 0 Å². The van der Waals surface area contributed by atoms with Gasteiger partial charge in [-0.3, -0.25) is 4.79 Å². The molecule has 1 atom stereocenters. The van der Waals surface area contributed by atoms with Gasteiger partial charge in [0.05, 0.1) is 0 Å². The Morgan fingerprint density at radius 3 is 2.71 bits per heavy atom. The Kier molecular flexibility index (Phi) is 8.16. The average molecular weight is 314 g/mol. The van der Waals surface area contributed by atoms with Gasteiger partial charge >= 0.3 is 0 Å². The minimum Gasteiger partial charge on any atom is -0.481 e. The number of aryl methyl sites for hydroxylation is 1. The third-order valence-corrected chi connectivity index (χ3v) is 3.43. The Morgan fingerprint density at radius 2 is 2.05 bits per heavy atom. The number of rotatable bonds is 9. The molecular formula is C16H24ClNO3. The van der Waals surface area contributed by atoms with Gasteiger partial charge < -0.3 is 15.2 Å². The summed E-state index contributed by atoms with van der Waals surface area (Å²) in [5, 5.41) is 12.2. The van der Waals surface area contributed by atoms with Crippen LogP contribution >= 0.6 is 11.6 Å². The Balaban J connectivity index is 2.30. The van der Waals surface area contributed by atoms with Gasteiger partial charge in [0.15, 0.2) is 6.10 Å². The number of carbonyl (C=O) groups is 1. The van der Waals surface area contributed by atoms with Crippen molar-refractivity contribution in [2.75, 3.05) is 13.2 Å². The predicted molar refractivity (Wildman–Crippen MR) is 84.8 cm³/mol. The third-order valence-electron chi connectivity index (χ3n) is 3.19. The van der Waals surface area contributed by atoms with E-state index in [1.54, 1.807) is 19.1 Å². The van der Waals surface area contributed by atoms with Crippen LogP contribution in [-0.2, 0) is 4.79 Å². The number of hydrogen-bond acceptors (Lipinski definition) is 3. The van der Waals surface area contributed by atoms with Crippen molar-refractivity contribution < 1.29 is 14.6 Å². The summed E-state index contributed by atoms with van der Waals surface area (Å²) in [5.41, 5.74) is 0.908. The van der Waals surface area contributed by atoms with Crippen molar-refractivity contribution in [3.05, 3.63) is 28.8 Å². The van der Waals surface area contributed by atoms with Gasteiger partial charge in [0.2, 0.25) is 0 Å². The second-order valence-electron chi connectivity index (χ2n) is 5.10. The van der Waals surface area contributed by atoms with Crippen LogP contribution in [0.2, 0.25) is 5.02 Å². The molecule has 0 radical (unpaired) electrons. The molecule has 1 rings (SSSR count). The number of hydrogen-bond donors (Lipinski definition) is 2. The number of nitrogens with one attached hydrogen (secondary N) is 1. The predicted octanol–water partition coefficient (Wildman–Crippen LogP) is 3.08. The van der Waals surface area contributed by atoms with Crippen LogP contribution in [0.4, 0.5) is 0 Å². The van der Waals surface area contributed by atoms with Crippen LogP contribution in [0.3, 0.4) is 0 Å². The topological polar surface area (TPSA) is 58.6 Å². The van der Waals surface area contributed by atoms with Crippen LogP contribution in [0.1, 0.15) is 38.2 Å². The summed E-state index contributed by atoms with van der Waals surface area (Å²) in [6.45, 7) is 4.50. The van der Waals surface area contributed by atoms with Crippen molar-refractivity contribution in [3.8, 4) is 5.75 Å². The van der Waals surface area contributed by atoms with Gasteiger partial charge in [-0.15, -0.1) is 0 Å². The van der Waals surface area contributed by atoms with E-state index in [0.29, 0.717) is 17.3 Å². The van der Waals surface area contributed by atoms with Crippen molar-refractivity contribution in [2.24, 2.45) is 0 Å². The zero-order valence-electron chi connectivity index (χ0n) is 12.7. The fourth-order valence-electron chi connectivity index (χ4n) is 1.93. The molecule has 0 bridgehead atoms. The van der Waals surface area contributed by atoms with Crippen molar-refractivity contribution in [1.82, 2.24) is 5.32 Å². The molecule has 118 valence electrons. The number of carbonyl (C=O) groups excluding carboxylic acids is 1. The maximum Gasteiger partial charge on any atom is 0.260 e. The van der Waals surface area contributed by atoms with E-state index >= 15 is 0 Å². The molecule has 0 spiro atoms. The summed E-state index contributed by atoms with van der Waals surface area (Å²) in [7, 11) is 0. The monoisotopic (exact) mass is 313 g/mol. The number of aliphatic hydroxyl groups excluding tert-OH is 1. The highest BCUT2D eigenvalue weighted by Gasteiger charge is 2.15. The molecule has 0 aromatic heterocycles. The zero-order valence-corrected chi connectivity index (χ0v) is 13.4. The smallest absolute Gasteiger partial charge is 0.260 e. The molecule has 0 aliphatic carbocycles. The van der Waals surface area contributed by atoms with Crippen molar-refractivity contribution in [2.45, 2.75) is 45.6 Å². The highest BCUT2D eigenvalue weighted by Crippen LogP contribution is 2.22. The van der Waals surface area contributed by atoms with Crippen LogP contribution in [0, 0.1) is 6.92 Å². The van der Waals surface area contributed by atoms with E-state index in [0.717, 1.165) is 31.2 Å². The molecule has 1 aromatic rings. The Bertz CT molecular complexity index is 451. The molecule has 2 N–H and O–H groups in total. The first kappa shape index (κ1) is 17.8. The Morgan fingerprint density at radius 1 is 1.33 bits per heavy atom. The van der Waals surface area contributed by atoms with E-state index in [1.807, 2.05) is 13.0 Å². The highest BCUT2D eigenvalue weighted by atomic mass is 35.5. The normalized spacial score (nSPS) is 12.0. The van der Waals surface area contributed by atoms with Crippen LogP contribution in [-0.4, -0.2) is 30.3 Å². The molecule has 1 unspecified atom stereocenters. The first-order valence-electron chi connectivity index (χ1n) is 7.36. The molecule has 0 saturated carbocycles. The van der Waals surface area contributed by atoms with Crippen molar-refractivity contribution in [1.29, 1.82) is 0 Å². The van der Waals surface area contributed by atoms with Gasteiger partial charge in [0.25, 0.3) is 5.91 Å². The van der Waals surface area contributed by atoms with E-state index in [9.17, 15) is 4.79 Å². The average Bonchev–Trinajstić information content (AvgIpc) is 2.45. The van der Waals surface area contributed by atoms with Crippen molar-refractivity contribution >= 4 is 17.5 Å². The number of benzene rings is 1. The van der Waals surface area contributed by atoms with E-state index < -0.39 is 6.10 Å². The Labute approximate surface area is 131 Å². The van der Waals surface area contributed by atoms with Crippen LogP contribution < -0.4 is 10.1 Å². The van der Waals surface area contributed by atoms with Gasteiger partial charge in [0.1, 0.15) is 5.75 Å². The van der Waals surface area contributed by atoms with Gasteiger partial charge in [-0.1, -0.05) is 24.4 Å². The lowest BCUT2D eigenvalue weighted by atomic mass is 10.2. The number of halogens is 1. The third kappa shape index (κ3) is 6.82. The minimum atomic E-state index is -0.540. The van der Waals surface area contributed by atoms with E-state index in [4.69, 9.17) is 21.4 Å². The summed E-state index contributed by atoms with van der Waals surface area (Å²) in [5.74, 6) is 0.552. The standard InChI is InChI=1S/C16H24ClNO3/c1-12-11-14(17)7-8-15(12)21-13(2)16(20)18-9-5-3-4-6-10-19/h7-8,11,13,19H,3-6,9-10H2,1-2H3,(H,18,20). The molecule has 4 nitrogen and oxygen atoms in total. The number of amides is 1. The molecular weight excluding hydrogens is 290 g/mol. The molecule has 21 heavy (non-hydrogen) atoms. The second-order valence-corrected chi connectivity index (χ2v) is 5.54. The number of aliphatic hydroxyl groups is 1. The summed E-state index contributed by atoms with van der Waals surface area (Å²) < 4.78 is 5.65. The fraction of sp³-hybridized carbons (Fsp3) is 0.562. The van der Waals surface area contributed by atoms with Crippen LogP contribution in [0.25, 0.3) is 0 Å². The number of unbranched alkanes of at least 4 members (excludes halogenated alkanes) is 3. The summed E-state index contributed by atoms with van der Waals surface area (Å²) in [4.78, 5) is 11.9. The lowest BCUT2D eigenvalue weighted by molar-refractivity contribution is -0.127. The molecule has 0 fully saturated rings. The van der Waals surface area contributed by atoms with Crippen LogP contribution in [0.15, 0.2) is 18.2 Å². The second kappa shape index (κ2) is 9.64. The molecule has 0 aliphatic rings. The molecule has 0 saturated heterocycles. The first-order chi connectivity index (χ1) is 10.0. The summed E-state index contributed by atoms with van der Waals surface area (Å²) >= 11 is 5.89. The SMILES string of the molecule is Cc1cc(Cl)ccc1OC(C)C(=O)NCCCCCCO. The summed E-state index contributed by atoms with van der Waals surface area (Å²) in [6.07, 6.45) is 3.19. The van der Waals surface area contributed by atoms with E-state index in [-0.39, 0.29) is 12.5 Å². The van der Waals surface area contributed by atoms with Gasteiger partial charge in [0, 0.05) is 18.2 Å². The lowest BCUT2D eigenvalue weighted by Gasteiger charge is -2.16. The number of ether oxygens (including phenoxy) is 1. The summed E-state index contributed by atoms with van der Waals surface area (Å²) in [6, 6.07) is 5.33. The van der Waals surface area contributed by atoms with E-state index in [1.165, 1.54) is 0 Å². The zero-order chi connectivity index (χ0) is 15.7. The molecule has 1 aromatic carbocycles. The molecule has 1 amide bonds. The lowest BCUT2D eigenvalue weighted by Crippen LogP contribution is -2.36. The minimum absolute atomic E-state index is 0.119.